The van der Waals surface area contributed by atoms with Crippen molar-refractivity contribution >= 4 is 11.6 Å². The first-order chi connectivity index (χ1) is 9.58. The fraction of sp³-hybridized carbons (Fsp3) is 0.625. The van der Waals surface area contributed by atoms with Gasteiger partial charge in [0.2, 0.25) is 0 Å². The maximum absolute atomic E-state index is 6.11. The molecule has 1 fully saturated rings. The average molecular weight is 299 g/mol. The molecule has 1 N–H and O–H groups in total. The molecule has 1 aliphatic rings. The van der Waals surface area contributed by atoms with E-state index in [0.717, 1.165) is 49.0 Å². The molecule has 0 spiro atoms. The SMILES string of the molecule is CCc1cc(OCC[NH+]2C[C@H](C)O[C@@H](C)C2)ccc1Cl. The molecule has 0 saturated carbocycles. The first-order valence-electron chi connectivity index (χ1n) is 7.48. The molecule has 0 radical (unpaired) electrons. The van der Waals surface area contributed by atoms with Crippen molar-refractivity contribution in [2.75, 3.05) is 26.2 Å². The number of hydrogen-bond donors (Lipinski definition) is 1. The van der Waals surface area contributed by atoms with Gasteiger partial charge in [-0.2, -0.15) is 0 Å². The predicted octanol–water partition coefficient (Wildman–Crippen LogP) is 1.97. The van der Waals surface area contributed by atoms with Crippen LogP contribution in [-0.2, 0) is 11.2 Å². The largest absolute Gasteiger partial charge is 0.488 e. The third-order valence-electron chi connectivity index (χ3n) is 3.74. The second-order valence-corrected chi connectivity index (χ2v) is 6.03. The third kappa shape index (κ3) is 4.37. The lowest BCUT2D eigenvalue weighted by molar-refractivity contribution is -0.915. The van der Waals surface area contributed by atoms with Crippen LogP contribution in [0, 0.1) is 0 Å². The van der Waals surface area contributed by atoms with Crippen molar-refractivity contribution in [2.45, 2.75) is 39.4 Å². The van der Waals surface area contributed by atoms with E-state index < -0.39 is 0 Å². The van der Waals surface area contributed by atoms with Crippen LogP contribution in [0.15, 0.2) is 18.2 Å². The van der Waals surface area contributed by atoms with Gasteiger partial charge in [0.05, 0.1) is 0 Å². The summed E-state index contributed by atoms with van der Waals surface area (Å²) in [5.41, 5.74) is 1.14. The maximum Gasteiger partial charge on any atom is 0.137 e. The number of aryl methyl sites for hydroxylation is 1. The smallest absolute Gasteiger partial charge is 0.137 e. The van der Waals surface area contributed by atoms with Crippen molar-refractivity contribution in [2.24, 2.45) is 0 Å². The van der Waals surface area contributed by atoms with E-state index in [1.54, 1.807) is 4.90 Å². The fourth-order valence-corrected chi connectivity index (χ4v) is 3.07. The van der Waals surface area contributed by atoms with E-state index in [-0.39, 0.29) is 0 Å². The highest BCUT2D eigenvalue weighted by Crippen LogP contribution is 2.22. The Balaban J connectivity index is 1.81. The Bertz CT molecular complexity index is 428. The molecule has 0 bridgehead atoms. The van der Waals surface area contributed by atoms with E-state index >= 15 is 0 Å². The number of benzene rings is 1. The molecule has 2 rings (SSSR count). The minimum Gasteiger partial charge on any atom is -0.488 e. The predicted molar refractivity (Wildman–Crippen MR) is 81.9 cm³/mol. The Kier molecular flexibility index (Phi) is 5.70. The van der Waals surface area contributed by atoms with Crippen molar-refractivity contribution in [1.82, 2.24) is 0 Å². The van der Waals surface area contributed by atoms with Gasteiger partial charge in [0.1, 0.15) is 44.2 Å². The zero-order valence-electron chi connectivity index (χ0n) is 12.6. The van der Waals surface area contributed by atoms with Crippen LogP contribution in [-0.4, -0.2) is 38.4 Å². The summed E-state index contributed by atoms with van der Waals surface area (Å²) in [5.74, 6) is 0.917. The summed E-state index contributed by atoms with van der Waals surface area (Å²) in [5, 5.41) is 0.821. The lowest BCUT2D eigenvalue weighted by Crippen LogP contribution is -3.16. The average Bonchev–Trinajstić information content (AvgIpc) is 2.39. The quantitative estimate of drug-likeness (QED) is 0.898. The van der Waals surface area contributed by atoms with Crippen molar-refractivity contribution in [1.29, 1.82) is 0 Å². The monoisotopic (exact) mass is 298 g/mol. The lowest BCUT2D eigenvalue weighted by Gasteiger charge is -2.32. The molecular weight excluding hydrogens is 274 g/mol. The first kappa shape index (κ1) is 15.6. The summed E-state index contributed by atoms with van der Waals surface area (Å²) in [6.07, 6.45) is 1.62. The molecular formula is C16H25ClNO2+. The summed E-state index contributed by atoms with van der Waals surface area (Å²) in [6, 6.07) is 5.91. The van der Waals surface area contributed by atoms with Crippen LogP contribution < -0.4 is 9.64 Å². The molecule has 1 aromatic rings. The highest BCUT2D eigenvalue weighted by Gasteiger charge is 2.25. The van der Waals surface area contributed by atoms with Gasteiger partial charge >= 0.3 is 0 Å². The van der Waals surface area contributed by atoms with Crippen LogP contribution in [0.3, 0.4) is 0 Å². The number of nitrogens with one attached hydrogen (secondary N) is 1. The van der Waals surface area contributed by atoms with E-state index in [1.165, 1.54) is 0 Å². The number of hydrogen-bond acceptors (Lipinski definition) is 2. The van der Waals surface area contributed by atoms with E-state index in [0.29, 0.717) is 12.2 Å². The summed E-state index contributed by atoms with van der Waals surface area (Å²) in [6.45, 7) is 10.3. The van der Waals surface area contributed by atoms with Crippen LogP contribution >= 0.6 is 11.6 Å². The number of morpholine rings is 1. The van der Waals surface area contributed by atoms with E-state index in [2.05, 4.69) is 20.8 Å². The minimum atomic E-state index is 0.343. The van der Waals surface area contributed by atoms with Gasteiger partial charge in [-0.1, -0.05) is 18.5 Å². The molecule has 20 heavy (non-hydrogen) atoms. The molecule has 1 saturated heterocycles. The molecule has 0 aliphatic carbocycles. The van der Waals surface area contributed by atoms with Crippen LogP contribution in [0.25, 0.3) is 0 Å². The molecule has 112 valence electrons. The highest BCUT2D eigenvalue weighted by atomic mass is 35.5. The lowest BCUT2D eigenvalue weighted by atomic mass is 10.1. The van der Waals surface area contributed by atoms with Gasteiger partial charge in [-0.15, -0.1) is 0 Å². The second kappa shape index (κ2) is 7.30. The first-order valence-corrected chi connectivity index (χ1v) is 7.86. The summed E-state index contributed by atoms with van der Waals surface area (Å²) < 4.78 is 11.6. The number of quaternary nitrogens is 1. The topological polar surface area (TPSA) is 22.9 Å². The van der Waals surface area contributed by atoms with Crippen molar-refractivity contribution in [3.63, 3.8) is 0 Å². The summed E-state index contributed by atoms with van der Waals surface area (Å²) in [7, 11) is 0. The van der Waals surface area contributed by atoms with Gasteiger partial charge < -0.3 is 14.4 Å². The minimum absolute atomic E-state index is 0.343. The Labute approximate surface area is 126 Å². The van der Waals surface area contributed by atoms with Crippen molar-refractivity contribution < 1.29 is 14.4 Å². The number of halogens is 1. The highest BCUT2D eigenvalue weighted by molar-refractivity contribution is 6.31. The fourth-order valence-electron chi connectivity index (χ4n) is 2.82. The Hall–Kier alpha value is -0.770. The van der Waals surface area contributed by atoms with Crippen molar-refractivity contribution in [3.8, 4) is 5.75 Å². The maximum atomic E-state index is 6.11. The second-order valence-electron chi connectivity index (χ2n) is 5.62. The van der Waals surface area contributed by atoms with Gasteiger partial charge in [0.15, 0.2) is 0 Å². The van der Waals surface area contributed by atoms with Crippen LogP contribution in [0.1, 0.15) is 26.3 Å². The molecule has 0 unspecified atom stereocenters. The third-order valence-corrected chi connectivity index (χ3v) is 4.11. The molecule has 2 atom stereocenters. The van der Waals surface area contributed by atoms with Crippen LogP contribution in [0.5, 0.6) is 5.75 Å². The van der Waals surface area contributed by atoms with Gasteiger partial charge in [-0.25, -0.2) is 0 Å². The van der Waals surface area contributed by atoms with Gasteiger partial charge in [-0.05, 0) is 44.0 Å². The normalized spacial score (nSPS) is 26.5. The van der Waals surface area contributed by atoms with Gasteiger partial charge in [-0.3, -0.25) is 0 Å². The van der Waals surface area contributed by atoms with Crippen LogP contribution in [0.2, 0.25) is 5.02 Å². The Morgan fingerprint density at radius 1 is 1.30 bits per heavy atom. The molecule has 1 heterocycles. The number of rotatable bonds is 5. The number of ether oxygens (including phenoxy) is 2. The summed E-state index contributed by atoms with van der Waals surface area (Å²) in [4.78, 5) is 1.56. The summed E-state index contributed by atoms with van der Waals surface area (Å²) >= 11 is 6.11. The van der Waals surface area contributed by atoms with E-state index in [4.69, 9.17) is 21.1 Å². The zero-order valence-corrected chi connectivity index (χ0v) is 13.4. The zero-order chi connectivity index (χ0) is 14.5. The standard InChI is InChI=1S/C16H24ClNO2/c1-4-14-9-15(5-6-16(14)17)19-8-7-18-10-12(2)20-13(3)11-18/h5-6,9,12-13H,4,7-8,10-11H2,1-3H3/p+1/t12-,13-/m0/s1. The Morgan fingerprint density at radius 2 is 2.00 bits per heavy atom. The molecule has 3 nitrogen and oxygen atoms in total. The van der Waals surface area contributed by atoms with E-state index in [9.17, 15) is 0 Å². The molecule has 4 heteroatoms. The Morgan fingerprint density at radius 3 is 2.65 bits per heavy atom. The molecule has 0 aromatic heterocycles. The van der Waals surface area contributed by atoms with Crippen molar-refractivity contribution in [3.05, 3.63) is 28.8 Å². The van der Waals surface area contributed by atoms with Crippen LogP contribution in [0.4, 0.5) is 0 Å². The molecule has 0 amide bonds. The van der Waals surface area contributed by atoms with Gasteiger partial charge in [0.25, 0.3) is 0 Å². The molecule has 1 aromatic carbocycles. The molecule has 1 aliphatic heterocycles. The van der Waals surface area contributed by atoms with E-state index in [1.807, 2.05) is 18.2 Å². The van der Waals surface area contributed by atoms with Gasteiger partial charge in [0, 0.05) is 5.02 Å².